The standard InChI is InChI=1S/C33H41F4N3O6/c1-18-24(17-41)40-16-26(18)46-29-28(38-22-12-11-20(44-5)14-23(22)39-29)33(36,37)32(34,35)13-7-9-19-8-6-10-25(19)45-27(42)15-21(30(40)43)31(2,3)4/h11-12,14,17-19,21,24-26H,6-10,13,15-16H2,1-5H3/t18-,19-,21+,24+,25+,26-/m0/s1. The Kier molecular flexibility index (Phi) is 9.27. The molecule has 3 aliphatic rings. The number of hydrogen-bond acceptors (Lipinski definition) is 8. The summed E-state index contributed by atoms with van der Waals surface area (Å²) in [4.78, 5) is 49.0. The summed E-state index contributed by atoms with van der Waals surface area (Å²) in [6, 6.07) is 3.19. The number of benzene rings is 1. The maximum absolute atomic E-state index is 16.0. The van der Waals surface area contributed by atoms with E-state index in [1.165, 1.54) is 30.2 Å². The average Bonchev–Trinajstić information content (AvgIpc) is 3.56. The molecule has 252 valence electrons. The minimum absolute atomic E-state index is 0.0635. The summed E-state index contributed by atoms with van der Waals surface area (Å²) < 4.78 is 80.0. The third kappa shape index (κ3) is 6.38. The van der Waals surface area contributed by atoms with E-state index in [2.05, 4.69) is 9.97 Å². The SMILES string of the molecule is COc1ccc2nc3c(nc2c1)O[C@H]1CN(C(=O)[C@H](C(C)(C)C)CC(=O)O[C@@H]2CCC[C@H]2CCCC(F)(F)C3(F)F)[C@H](C=O)[C@@H]1C. The molecule has 46 heavy (non-hydrogen) atoms. The molecule has 1 aromatic heterocycles. The van der Waals surface area contributed by atoms with E-state index in [1.807, 2.05) is 20.8 Å². The van der Waals surface area contributed by atoms with E-state index in [9.17, 15) is 14.4 Å². The number of ether oxygens (including phenoxy) is 3. The van der Waals surface area contributed by atoms with Crippen molar-refractivity contribution in [3.63, 3.8) is 0 Å². The van der Waals surface area contributed by atoms with Gasteiger partial charge in [0.25, 0.3) is 0 Å². The van der Waals surface area contributed by atoms with Crippen LogP contribution in [-0.4, -0.2) is 70.9 Å². The molecule has 9 nitrogen and oxygen atoms in total. The van der Waals surface area contributed by atoms with Gasteiger partial charge in [-0.25, -0.2) is 9.97 Å². The van der Waals surface area contributed by atoms with Crippen molar-refractivity contribution in [2.75, 3.05) is 13.7 Å². The van der Waals surface area contributed by atoms with Crippen molar-refractivity contribution in [1.82, 2.24) is 14.9 Å². The van der Waals surface area contributed by atoms with Crippen LogP contribution in [0.4, 0.5) is 17.6 Å². The monoisotopic (exact) mass is 651 g/mol. The molecule has 5 rings (SSSR count). The highest BCUT2D eigenvalue weighted by atomic mass is 19.3. The lowest BCUT2D eigenvalue weighted by Crippen LogP contribution is -2.46. The Hall–Kier alpha value is -3.51. The van der Waals surface area contributed by atoms with E-state index >= 15 is 17.6 Å². The Morgan fingerprint density at radius 3 is 2.39 bits per heavy atom. The molecule has 2 fully saturated rings. The van der Waals surface area contributed by atoms with Gasteiger partial charge in [0.15, 0.2) is 5.69 Å². The van der Waals surface area contributed by atoms with E-state index in [-0.39, 0.29) is 42.8 Å². The smallest absolute Gasteiger partial charge is 0.356 e. The minimum atomic E-state index is -4.78. The summed E-state index contributed by atoms with van der Waals surface area (Å²) in [7, 11) is 1.40. The molecule has 13 heteroatoms. The molecular weight excluding hydrogens is 610 g/mol. The summed E-state index contributed by atoms with van der Waals surface area (Å²) in [6.07, 6.45) is -0.704. The van der Waals surface area contributed by atoms with Crippen LogP contribution in [0, 0.1) is 23.2 Å². The van der Waals surface area contributed by atoms with Crippen LogP contribution in [0.5, 0.6) is 11.6 Å². The van der Waals surface area contributed by atoms with E-state index < -0.39 is 77.2 Å². The van der Waals surface area contributed by atoms with E-state index in [1.54, 1.807) is 6.92 Å². The first-order chi connectivity index (χ1) is 21.6. The van der Waals surface area contributed by atoms with Crippen molar-refractivity contribution in [2.24, 2.45) is 23.2 Å². The largest absolute Gasteiger partial charge is 0.497 e. The summed E-state index contributed by atoms with van der Waals surface area (Å²) in [6.45, 7) is 6.80. The second kappa shape index (κ2) is 12.6. The molecule has 2 aromatic rings. The fraction of sp³-hybridized carbons (Fsp3) is 0.667. The van der Waals surface area contributed by atoms with Crippen LogP contribution >= 0.6 is 0 Å². The van der Waals surface area contributed by atoms with Crippen molar-refractivity contribution in [3.05, 3.63) is 23.9 Å². The maximum atomic E-state index is 16.0. The van der Waals surface area contributed by atoms with Crippen molar-refractivity contribution in [2.45, 2.75) is 103 Å². The van der Waals surface area contributed by atoms with Gasteiger partial charge >= 0.3 is 17.8 Å². The molecule has 1 amide bonds. The van der Waals surface area contributed by atoms with Crippen molar-refractivity contribution in [3.8, 4) is 11.6 Å². The minimum Gasteiger partial charge on any atom is -0.497 e. The average molecular weight is 652 g/mol. The van der Waals surface area contributed by atoms with Gasteiger partial charge < -0.3 is 23.9 Å². The highest BCUT2D eigenvalue weighted by Gasteiger charge is 2.60. The number of carbonyl (C=O) groups excluding carboxylic acids is 3. The molecule has 0 spiro atoms. The van der Waals surface area contributed by atoms with Crippen LogP contribution in [-0.2, 0) is 25.0 Å². The van der Waals surface area contributed by atoms with Gasteiger partial charge in [-0.05, 0) is 55.6 Å². The molecule has 1 saturated heterocycles. The molecule has 2 aliphatic heterocycles. The quantitative estimate of drug-likeness (QED) is 0.218. The van der Waals surface area contributed by atoms with Crippen LogP contribution in [0.3, 0.4) is 0 Å². The third-order valence-corrected chi connectivity index (χ3v) is 9.80. The highest BCUT2D eigenvalue weighted by molar-refractivity contribution is 5.87. The molecule has 1 aromatic carbocycles. The van der Waals surface area contributed by atoms with Crippen LogP contribution in [0.1, 0.15) is 78.3 Å². The first-order valence-electron chi connectivity index (χ1n) is 15.8. The first kappa shape index (κ1) is 33.8. The number of amides is 1. The molecular formula is C33H41F4N3O6. The van der Waals surface area contributed by atoms with Gasteiger partial charge in [0.2, 0.25) is 11.8 Å². The zero-order valence-electron chi connectivity index (χ0n) is 26.7. The number of halogens is 4. The molecule has 2 bridgehead atoms. The topological polar surface area (TPSA) is 108 Å². The van der Waals surface area contributed by atoms with Gasteiger partial charge in [-0.3, -0.25) is 9.59 Å². The Morgan fingerprint density at radius 2 is 1.72 bits per heavy atom. The number of rotatable bonds is 2. The van der Waals surface area contributed by atoms with E-state index in [0.29, 0.717) is 31.3 Å². The first-order valence-corrected chi connectivity index (χ1v) is 15.8. The number of hydrogen-bond donors (Lipinski definition) is 0. The summed E-state index contributed by atoms with van der Waals surface area (Å²) >= 11 is 0. The number of carbonyl (C=O) groups is 3. The molecule has 1 aliphatic carbocycles. The number of aldehydes is 1. The molecule has 0 N–H and O–H groups in total. The predicted molar refractivity (Wildman–Crippen MR) is 159 cm³/mol. The van der Waals surface area contributed by atoms with Gasteiger partial charge in [0.1, 0.15) is 24.2 Å². The second-order valence-electron chi connectivity index (χ2n) is 13.9. The van der Waals surface area contributed by atoms with Crippen molar-refractivity contribution >= 4 is 29.2 Å². The maximum Gasteiger partial charge on any atom is 0.356 e. The number of nitrogens with zero attached hydrogens (tertiary/aromatic N) is 3. The molecule has 0 unspecified atom stereocenters. The number of aromatic nitrogens is 2. The van der Waals surface area contributed by atoms with E-state index in [0.717, 1.165) is 0 Å². The number of methoxy groups -OCH3 is 1. The van der Waals surface area contributed by atoms with Gasteiger partial charge in [-0.2, -0.15) is 17.6 Å². The molecule has 6 atom stereocenters. The van der Waals surface area contributed by atoms with Crippen molar-refractivity contribution < 1.29 is 46.2 Å². The van der Waals surface area contributed by atoms with Crippen LogP contribution in [0.25, 0.3) is 11.0 Å². The highest BCUT2D eigenvalue weighted by Crippen LogP contribution is 2.49. The fourth-order valence-corrected chi connectivity index (χ4v) is 6.89. The lowest BCUT2D eigenvalue weighted by molar-refractivity contribution is -0.223. The zero-order valence-corrected chi connectivity index (χ0v) is 26.7. The van der Waals surface area contributed by atoms with Crippen LogP contribution < -0.4 is 9.47 Å². The lowest BCUT2D eigenvalue weighted by atomic mass is 9.77. The van der Waals surface area contributed by atoms with Gasteiger partial charge in [0.05, 0.1) is 43.1 Å². The molecule has 1 saturated carbocycles. The predicted octanol–water partition coefficient (Wildman–Crippen LogP) is 6.11. The second-order valence-corrected chi connectivity index (χ2v) is 13.9. The Balaban J connectivity index is 1.61. The van der Waals surface area contributed by atoms with Crippen LogP contribution in [0.15, 0.2) is 18.2 Å². The normalized spacial score (nSPS) is 30.4. The fourth-order valence-electron chi connectivity index (χ4n) is 6.89. The molecule has 0 radical (unpaired) electrons. The zero-order chi connectivity index (χ0) is 33.6. The summed E-state index contributed by atoms with van der Waals surface area (Å²) in [5.74, 6) is -12.7. The Labute approximate surface area is 265 Å². The van der Waals surface area contributed by atoms with Crippen molar-refractivity contribution in [1.29, 1.82) is 0 Å². The van der Waals surface area contributed by atoms with E-state index in [4.69, 9.17) is 14.2 Å². The summed E-state index contributed by atoms with van der Waals surface area (Å²) in [5, 5.41) is 0. The Bertz CT molecular complexity index is 1480. The van der Waals surface area contributed by atoms with Gasteiger partial charge in [-0.1, -0.05) is 27.7 Å². The van der Waals surface area contributed by atoms with Gasteiger partial charge in [-0.15, -0.1) is 0 Å². The lowest BCUT2D eigenvalue weighted by Gasteiger charge is -2.34. The third-order valence-electron chi connectivity index (χ3n) is 9.80. The van der Waals surface area contributed by atoms with Crippen LogP contribution in [0.2, 0.25) is 0 Å². The number of alkyl halides is 4. The van der Waals surface area contributed by atoms with Gasteiger partial charge in [0, 0.05) is 18.4 Å². The summed E-state index contributed by atoms with van der Waals surface area (Å²) in [5.41, 5.74) is -2.02. The Morgan fingerprint density at radius 1 is 1.00 bits per heavy atom. The number of esters is 1. The number of fused-ring (bicyclic) bond motifs is 5. The molecule has 3 heterocycles.